The van der Waals surface area contributed by atoms with Crippen LogP contribution in [0.1, 0.15) is 0 Å². The Morgan fingerprint density at radius 2 is 1.79 bits per heavy atom. The van der Waals surface area contributed by atoms with Crippen molar-refractivity contribution in [1.82, 2.24) is 4.57 Å². The summed E-state index contributed by atoms with van der Waals surface area (Å²) in [5.74, 6) is 0. The van der Waals surface area contributed by atoms with E-state index in [1.54, 1.807) is 0 Å². The van der Waals surface area contributed by atoms with Crippen LogP contribution in [0, 0.1) is 0 Å². The molecule has 0 aliphatic heterocycles. The zero-order valence-corrected chi connectivity index (χ0v) is 11.8. The lowest BCUT2D eigenvalue weighted by molar-refractivity contribution is 0.0831. The third-order valence-electron chi connectivity index (χ3n) is 3.34. The standard InChI is InChI=1S/C15H14BrNO2/c16-10-5-6-15-13(7-10)12-3-1-2-4-14(12)17(15)8-11(19)9-18/h1-7,11,18-19H,8-9H2. The first-order valence-corrected chi connectivity index (χ1v) is 6.95. The molecule has 1 aromatic heterocycles. The lowest BCUT2D eigenvalue weighted by Gasteiger charge is -2.11. The third kappa shape index (κ3) is 2.16. The number of aliphatic hydroxyl groups is 2. The average Bonchev–Trinajstić information content (AvgIpc) is 2.73. The first kappa shape index (κ1) is 12.7. The minimum atomic E-state index is -0.748. The molecular formula is C15H14BrNO2. The lowest BCUT2D eigenvalue weighted by Crippen LogP contribution is -2.19. The summed E-state index contributed by atoms with van der Waals surface area (Å²) >= 11 is 3.49. The lowest BCUT2D eigenvalue weighted by atomic mass is 10.2. The first-order chi connectivity index (χ1) is 9.20. The molecule has 0 radical (unpaired) electrons. The van der Waals surface area contributed by atoms with Crippen LogP contribution in [0.3, 0.4) is 0 Å². The smallest absolute Gasteiger partial charge is 0.0949 e. The van der Waals surface area contributed by atoms with Gasteiger partial charge in [-0.15, -0.1) is 0 Å². The number of rotatable bonds is 3. The van der Waals surface area contributed by atoms with Gasteiger partial charge in [0.15, 0.2) is 0 Å². The highest BCUT2D eigenvalue weighted by molar-refractivity contribution is 9.10. The molecule has 0 amide bonds. The van der Waals surface area contributed by atoms with Gasteiger partial charge in [0, 0.05) is 26.3 Å². The molecule has 0 fully saturated rings. The van der Waals surface area contributed by atoms with Gasteiger partial charge in [-0.3, -0.25) is 0 Å². The minimum Gasteiger partial charge on any atom is -0.394 e. The molecule has 0 bridgehead atoms. The fraction of sp³-hybridized carbons (Fsp3) is 0.200. The maximum atomic E-state index is 9.72. The Labute approximate surface area is 119 Å². The molecule has 1 unspecified atom stereocenters. The van der Waals surface area contributed by atoms with Gasteiger partial charge in [-0.1, -0.05) is 34.1 Å². The van der Waals surface area contributed by atoms with Crippen molar-refractivity contribution < 1.29 is 10.2 Å². The number of halogens is 1. The summed E-state index contributed by atoms with van der Waals surface area (Å²) in [6.45, 7) is 0.159. The van der Waals surface area contributed by atoms with Gasteiger partial charge in [0.25, 0.3) is 0 Å². The van der Waals surface area contributed by atoms with Crippen LogP contribution >= 0.6 is 15.9 Å². The van der Waals surface area contributed by atoms with Crippen LogP contribution in [-0.4, -0.2) is 27.5 Å². The third-order valence-corrected chi connectivity index (χ3v) is 3.83. The van der Waals surface area contributed by atoms with Crippen molar-refractivity contribution in [3.8, 4) is 0 Å². The molecule has 0 aliphatic rings. The minimum absolute atomic E-state index is 0.232. The van der Waals surface area contributed by atoms with E-state index in [2.05, 4.69) is 32.6 Å². The Morgan fingerprint density at radius 1 is 1.05 bits per heavy atom. The number of aromatic nitrogens is 1. The largest absolute Gasteiger partial charge is 0.394 e. The summed E-state index contributed by atoms with van der Waals surface area (Å²) in [4.78, 5) is 0. The molecular weight excluding hydrogens is 306 g/mol. The molecule has 2 N–H and O–H groups in total. The van der Waals surface area contributed by atoms with Crippen LogP contribution < -0.4 is 0 Å². The SMILES string of the molecule is OCC(O)Cn1c2ccccc2c2cc(Br)ccc21. The molecule has 1 atom stereocenters. The molecule has 1 heterocycles. The number of aliphatic hydroxyl groups excluding tert-OH is 2. The Bertz CT molecular complexity index is 735. The summed E-state index contributed by atoms with van der Waals surface area (Å²) in [5, 5.41) is 21.1. The normalized spacial score (nSPS) is 13.2. The zero-order valence-electron chi connectivity index (χ0n) is 10.3. The van der Waals surface area contributed by atoms with Crippen molar-refractivity contribution in [3.63, 3.8) is 0 Å². The summed E-state index contributed by atoms with van der Waals surface area (Å²) < 4.78 is 3.09. The Hall–Kier alpha value is -1.36. The van der Waals surface area contributed by atoms with Crippen LogP contribution in [0.4, 0.5) is 0 Å². The topological polar surface area (TPSA) is 45.4 Å². The van der Waals surface area contributed by atoms with Crippen molar-refractivity contribution in [3.05, 3.63) is 46.9 Å². The number of benzene rings is 2. The number of fused-ring (bicyclic) bond motifs is 3. The molecule has 0 saturated heterocycles. The highest BCUT2D eigenvalue weighted by Gasteiger charge is 2.13. The van der Waals surface area contributed by atoms with Gasteiger partial charge < -0.3 is 14.8 Å². The second kappa shape index (κ2) is 4.96. The number of nitrogens with zero attached hydrogens (tertiary/aromatic N) is 1. The van der Waals surface area contributed by atoms with E-state index >= 15 is 0 Å². The fourth-order valence-corrected chi connectivity index (χ4v) is 2.85. The first-order valence-electron chi connectivity index (χ1n) is 6.16. The van der Waals surface area contributed by atoms with Crippen molar-refractivity contribution in [2.45, 2.75) is 12.6 Å². The second-order valence-corrected chi connectivity index (χ2v) is 5.54. The van der Waals surface area contributed by atoms with E-state index in [1.165, 1.54) is 0 Å². The molecule has 0 saturated carbocycles. The molecule has 3 aromatic rings. The number of hydrogen-bond donors (Lipinski definition) is 2. The van der Waals surface area contributed by atoms with Crippen LogP contribution in [0.15, 0.2) is 46.9 Å². The quantitative estimate of drug-likeness (QED) is 0.779. The highest BCUT2D eigenvalue weighted by atomic mass is 79.9. The highest BCUT2D eigenvalue weighted by Crippen LogP contribution is 2.31. The fourth-order valence-electron chi connectivity index (χ4n) is 2.49. The van der Waals surface area contributed by atoms with Gasteiger partial charge in [0.2, 0.25) is 0 Å². The Balaban J connectivity index is 2.32. The zero-order chi connectivity index (χ0) is 13.4. The van der Waals surface area contributed by atoms with Gasteiger partial charge >= 0.3 is 0 Å². The van der Waals surface area contributed by atoms with Gasteiger partial charge in [0.05, 0.1) is 19.3 Å². The maximum absolute atomic E-state index is 9.72. The van der Waals surface area contributed by atoms with E-state index in [0.717, 1.165) is 26.3 Å². The summed E-state index contributed by atoms with van der Waals surface area (Å²) in [6.07, 6.45) is -0.748. The molecule has 98 valence electrons. The van der Waals surface area contributed by atoms with Crippen molar-refractivity contribution in [1.29, 1.82) is 0 Å². The van der Waals surface area contributed by atoms with Crippen LogP contribution in [-0.2, 0) is 6.54 Å². The van der Waals surface area contributed by atoms with E-state index < -0.39 is 6.10 Å². The molecule has 3 rings (SSSR count). The Kier molecular flexibility index (Phi) is 3.31. The summed E-state index contributed by atoms with van der Waals surface area (Å²) in [7, 11) is 0. The molecule has 3 nitrogen and oxygen atoms in total. The molecule has 19 heavy (non-hydrogen) atoms. The van der Waals surface area contributed by atoms with Gasteiger partial charge in [0.1, 0.15) is 0 Å². The van der Waals surface area contributed by atoms with E-state index in [-0.39, 0.29) is 6.61 Å². The summed E-state index contributed by atoms with van der Waals surface area (Å²) in [5.41, 5.74) is 2.14. The van der Waals surface area contributed by atoms with E-state index in [0.29, 0.717) is 6.54 Å². The maximum Gasteiger partial charge on any atom is 0.0949 e. The number of para-hydroxylation sites is 1. The van der Waals surface area contributed by atoms with Crippen molar-refractivity contribution in [2.24, 2.45) is 0 Å². The van der Waals surface area contributed by atoms with Crippen molar-refractivity contribution >= 4 is 37.7 Å². The van der Waals surface area contributed by atoms with E-state index in [4.69, 9.17) is 5.11 Å². The van der Waals surface area contributed by atoms with Crippen LogP contribution in [0.2, 0.25) is 0 Å². The molecule has 0 spiro atoms. The van der Waals surface area contributed by atoms with Crippen molar-refractivity contribution in [2.75, 3.05) is 6.61 Å². The van der Waals surface area contributed by atoms with Gasteiger partial charge in [-0.2, -0.15) is 0 Å². The van der Waals surface area contributed by atoms with E-state index in [1.807, 2.05) is 30.3 Å². The Morgan fingerprint density at radius 3 is 2.58 bits per heavy atom. The second-order valence-electron chi connectivity index (χ2n) is 4.63. The van der Waals surface area contributed by atoms with Crippen LogP contribution in [0.5, 0.6) is 0 Å². The van der Waals surface area contributed by atoms with Gasteiger partial charge in [-0.25, -0.2) is 0 Å². The summed E-state index contributed by atoms with van der Waals surface area (Å²) in [6, 6.07) is 14.2. The number of hydrogen-bond acceptors (Lipinski definition) is 2. The monoisotopic (exact) mass is 319 g/mol. The molecule has 0 aliphatic carbocycles. The predicted octanol–water partition coefficient (Wildman–Crippen LogP) is 2.91. The molecule has 2 aromatic carbocycles. The van der Waals surface area contributed by atoms with E-state index in [9.17, 15) is 5.11 Å². The van der Waals surface area contributed by atoms with Gasteiger partial charge in [-0.05, 0) is 24.3 Å². The molecule has 4 heteroatoms. The average molecular weight is 320 g/mol. The predicted molar refractivity (Wildman–Crippen MR) is 80.2 cm³/mol. The van der Waals surface area contributed by atoms with Crippen LogP contribution in [0.25, 0.3) is 21.8 Å².